The number of Topliss-reactive ketones (excluding diaryl/α,β-unsaturated/α-hetero) is 1. The van der Waals surface area contributed by atoms with Gasteiger partial charge in [0.25, 0.3) is 5.91 Å². The lowest BCUT2D eigenvalue weighted by atomic mass is 9.75. The summed E-state index contributed by atoms with van der Waals surface area (Å²) < 4.78 is 0. The van der Waals surface area contributed by atoms with E-state index in [2.05, 4.69) is 9.98 Å². The highest BCUT2D eigenvalue weighted by atomic mass is 32.1. The van der Waals surface area contributed by atoms with E-state index in [0.717, 1.165) is 25.7 Å². The first kappa shape index (κ1) is 17.9. The van der Waals surface area contributed by atoms with Gasteiger partial charge in [-0.1, -0.05) is 25.3 Å². The molecule has 1 unspecified atom stereocenters. The Morgan fingerprint density at radius 3 is 2.80 bits per heavy atom. The van der Waals surface area contributed by atoms with Crippen LogP contribution in [0, 0.1) is 5.92 Å². The molecule has 0 spiro atoms. The molecule has 2 aliphatic heterocycles. The van der Waals surface area contributed by atoms with Crippen molar-refractivity contribution in [3.8, 4) is 0 Å². The Labute approximate surface area is 153 Å². The van der Waals surface area contributed by atoms with Crippen LogP contribution in [0.4, 0.5) is 0 Å². The third-order valence-corrected chi connectivity index (χ3v) is 6.19. The van der Waals surface area contributed by atoms with E-state index in [9.17, 15) is 9.59 Å². The van der Waals surface area contributed by atoms with Gasteiger partial charge in [-0.15, -0.1) is 0 Å². The minimum Gasteiger partial charge on any atom is -0.337 e. The Hall–Kier alpha value is -1.89. The first-order valence-corrected chi connectivity index (χ1v) is 9.21. The van der Waals surface area contributed by atoms with Crippen LogP contribution in [0.5, 0.6) is 0 Å². The predicted molar refractivity (Wildman–Crippen MR) is 102 cm³/mol. The molecule has 1 saturated heterocycles. The molecular formula is C18H24N4O2S. The van der Waals surface area contributed by atoms with Gasteiger partial charge in [0.05, 0.1) is 13.1 Å². The van der Waals surface area contributed by atoms with Gasteiger partial charge in [0.15, 0.2) is 10.9 Å². The number of aliphatic imine (C=N–C) groups is 2. The third kappa shape index (κ3) is 3.17. The molecule has 7 heteroatoms. The molecule has 1 amide bonds. The highest BCUT2D eigenvalue weighted by molar-refractivity contribution is 7.80. The molecule has 134 valence electrons. The second kappa shape index (κ2) is 7.15. The number of likely N-dealkylation sites (N-methyl/N-ethyl adjacent to an activating group) is 1. The number of carbonyl (C=O) groups excluding carboxylic acids is 2. The van der Waals surface area contributed by atoms with E-state index in [-0.39, 0.29) is 24.2 Å². The molecule has 6 nitrogen and oxygen atoms in total. The standard InChI is InChI=1S/C18H24N4O2S/c1-18(14-6-4-3-5-7-14)16(24)22(17(25)21(18)2)11-15(23)13-8-9-19-12-20-10-13/h8,10,12,14H,3-7,9,11H2,1-2H3. The van der Waals surface area contributed by atoms with Gasteiger partial charge in [0.1, 0.15) is 11.9 Å². The van der Waals surface area contributed by atoms with E-state index >= 15 is 0 Å². The average molecular weight is 360 g/mol. The molecule has 25 heavy (non-hydrogen) atoms. The smallest absolute Gasteiger partial charge is 0.255 e. The van der Waals surface area contributed by atoms with Crippen molar-refractivity contribution in [3.63, 3.8) is 0 Å². The van der Waals surface area contributed by atoms with E-state index in [1.54, 1.807) is 6.08 Å². The maximum Gasteiger partial charge on any atom is 0.255 e. The molecule has 2 fully saturated rings. The summed E-state index contributed by atoms with van der Waals surface area (Å²) in [6, 6.07) is 0. The van der Waals surface area contributed by atoms with Crippen molar-refractivity contribution >= 4 is 41.6 Å². The first-order chi connectivity index (χ1) is 12.0. The third-order valence-electron chi connectivity index (χ3n) is 5.70. The lowest BCUT2D eigenvalue weighted by molar-refractivity contribution is -0.137. The Morgan fingerprint density at radius 1 is 1.36 bits per heavy atom. The van der Waals surface area contributed by atoms with Crippen molar-refractivity contribution in [1.29, 1.82) is 0 Å². The molecule has 1 atom stereocenters. The first-order valence-electron chi connectivity index (χ1n) is 8.81. The minimum absolute atomic E-state index is 0.0395. The van der Waals surface area contributed by atoms with Gasteiger partial charge in [0.2, 0.25) is 0 Å². The van der Waals surface area contributed by atoms with Crippen LogP contribution >= 0.6 is 12.2 Å². The van der Waals surface area contributed by atoms with E-state index in [4.69, 9.17) is 12.2 Å². The van der Waals surface area contributed by atoms with Crippen LogP contribution in [0.2, 0.25) is 0 Å². The van der Waals surface area contributed by atoms with Crippen LogP contribution in [0.1, 0.15) is 39.0 Å². The molecule has 2 heterocycles. The zero-order chi connectivity index (χ0) is 18.0. The summed E-state index contributed by atoms with van der Waals surface area (Å²) in [7, 11) is 1.87. The SMILES string of the molecule is CN1C(=S)N(CC(=O)C2=CCN=CN=C2)C(=O)C1(C)C1CCCCC1. The molecule has 0 N–H and O–H groups in total. The molecule has 0 aromatic rings. The summed E-state index contributed by atoms with van der Waals surface area (Å²) in [5.74, 6) is 0.0674. The monoisotopic (exact) mass is 360 g/mol. The van der Waals surface area contributed by atoms with Crippen LogP contribution < -0.4 is 0 Å². The van der Waals surface area contributed by atoms with E-state index in [0.29, 0.717) is 17.2 Å². The number of amides is 1. The fraction of sp³-hybridized carbons (Fsp3) is 0.611. The van der Waals surface area contributed by atoms with Crippen LogP contribution in [0.25, 0.3) is 0 Å². The topological polar surface area (TPSA) is 65.3 Å². The van der Waals surface area contributed by atoms with Crippen LogP contribution in [-0.2, 0) is 9.59 Å². The number of nitrogens with zero attached hydrogens (tertiary/aromatic N) is 4. The molecular weight excluding hydrogens is 336 g/mol. The lowest BCUT2D eigenvalue weighted by Gasteiger charge is -2.39. The average Bonchev–Trinajstić information content (AvgIpc) is 2.87. The molecule has 1 aliphatic carbocycles. The highest BCUT2D eigenvalue weighted by Crippen LogP contribution is 2.41. The number of rotatable bonds is 4. The van der Waals surface area contributed by atoms with Gasteiger partial charge in [0, 0.05) is 18.8 Å². The van der Waals surface area contributed by atoms with Gasteiger partial charge in [-0.2, -0.15) is 0 Å². The molecule has 0 radical (unpaired) electrons. The number of hydrogen-bond donors (Lipinski definition) is 0. The Morgan fingerprint density at radius 2 is 2.08 bits per heavy atom. The van der Waals surface area contributed by atoms with Crippen LogP contribution in [0.15, 0.2) is 21.6 Å². The summed E-state index contributed by atoms with van der Waals surface area (Å²) >= 11 is 5.51. The van der Waals surface area contributed by atoms with Crippen LogP contribution in [-0.4, -0.2) is 64.8 Å². The van der Waals surface area contributed by atoms with Crippen molar-refractivity contribution < 1.29 is 9.59 Å². The maximum absolute atomic E-state index is 13.2. The van der Waals surface area contributed by atoms with E-state index in [1.807, 2.05) is 18.9 Å². The van der Waals surface area contributed by atoms with Gasteiger partial charge in [-0.3, -0.25) is 19.5 Å². The molecule has 0 bridgehead atoms. The van der Waals surface area contributed by atoms with Gasteiger partial charge in [-0.25, -0.2) is 4.99 Å². The van der Waals surface area contributed by atoms with E-state index < -0.39 is 5.54 Å². The van der Waals surface area contributed by atoms with Crippen molar-refractivity contribution in [2.75, 3.05) is 20.1 Å². The van der Waals surface area contributed by atoms with E-state index in [1.165, 1.54) is 23.9 Å². The molecule has 0 aromatic carbocycles. The summed E-state index contributed by atoms with van der Waals surface area (Å²) in [6.45, 7) is 2.35. The Balaban J connectivity index is 1.78. The highest BCUT2D eigenvalue weighted by Gasteiger charge is 2.54. The summed E-state index contributed by atoms with van der Waals surface area (Å²) in [4.78, 5) is 37.1. The second-order valence-corrected chi connectivity index (χ2v) is 7.42. The molecule has 0 aromatic heterocycles. The summed E-state index contributed by atoms with van der Waals surface area (Å²) in [5.41, 5.74) is -0.172. The lowest BCUT2D eigenvalue weighted by Crippen LogP contribution is -2.52. The maximum atomic E-state index is 13.2. The van der Waals surface area contributed by atoms with Crippen molar-refractivity contribution in [3.05, 3.63) is 11.6 Å². The quantitative estimate of drug-likeness (QED) is 0.719. The fourth-order valence-electron chi connectivity index (χ4n) is 3.97. The summed E-state index contributed by atoms with van der Waals surface area (Å²) in [6.07, 6.45) is 10.2. The number of carbonyl (C=O) groups is 2. The normalized spacial score (nSPS) is 27.7. The van der Waals surface area contributed by atoms with Crippen molar-refractivity contribution in [2.45, 2.75) is 44.6 Å². The molecule has 3 aliphatic rings. The van der Waals surface area contributed by atoms with Gasteiger partial charge < -0.3 is 4.90 Å². The zero-order valence-corrected chi connectivity index (χ0v) is 15.6. The minimum atomic E-state index is -0.646. The van der Waals surface area contributed by atoms with Gasteiger partial charge in [-0.05, 0) is 37.9 Å². The van der Waals surface area contributed by atoms with Gasteiger partial charge >= 0.3 is 0 Å². The Kier molecular flexibility index (Phi) is 5.13. The van der Waals surface area contributed by atoms with Crippen molar-refractivity contribution in [1.82, 2.24) is 9.80 Å². The fourth-order valence-corrected chi connectivity index (χ4v) is 4.31. The Bertz CT molecular complexity index is 679. The number of ketones is 1. The number of hydrogen-bond acceptors (Lipinski definition) is 5. The zero-order valence-electron chi connectivity index (χ0n) is 14.8. The predicted octanol–water partition coefficient (Wildman–Crippen LogP) is 1.99. The summed E-state index contributed by atoms with van der Waals surface area (Å²) in [5, 5.41) is 0.439. The largest absolute Gasteiger partial charge is 0.337 e. The molecule has 1 saturated carbocycles. The molecule has 3 rings (SSSR count). The van der Waals surface area contributed by atoms with Crippen molar-refractivity contribution in [2.24, 2.45) is 15.9 Å². The number of thiocarbonyl (C=S) groups is 1. The van der Waals surface area contributed by atoms with Crippen LogP contribution in [0.3, 0.4) is 0 Å². The second-order valence-electron chi connectivity index (χ2n) is 7.06.